The van der Waals surface area contributed by atoms with E-state index in [1.54, 1.807) is 12.3 Å². The summed E-state index contributed by atoms with van der Waals surface area (Å²) in [5.41, 5.74) is 0.345. The van der Waals surface area contributed by atoms with Crippen molar-refractivity contribution in [1.29, 1.82) is 5.26 Å². The van der Waals surface area contributed by atoms with Gasteiger partial charge in [-0.25, -0.2) is 4.98 Å². The number of allylic oxidation sites excluding steroid dienone is 2. The molecule has 0 N–H and O–H groups in total. The second kappa shape index (κ2) is 4.57. The van der Waals surface area contributed by atoms with E-state index in [0.717, 1.165) is 10.2 Å². The highest BCUT2D eigenvalue weighted by Crippen LogP contribution is 2.45. The highest BCUT2D eigenvalue weighted by atomic mass is 79.9. The molecule has 0 bridgehead atoms. The van der Waals surface area contributed by atoms with Crippen LogP contribution in [0.1, 0.15) is 32.8 Å². The van der Waals surface area contributed by atoms with Crippen molar-refractivity contribution in [3.05, 3.63) is 40.1 Å². The van der Waals surface area contributed by atoms with Crippen molar-refractivity contribution >= 4 is 21.7 Å². The van der Waals surface area contributed by atoms with Crippen molar-refractivity contribution in [2.24, 2.45) is 5.41 Å². The number of pyridine rings is 1. The average Bonchev–Trinajstić information content (AvgIpc) is 2.34. The van der Waals surface area contributed by atoms with E-state index in [4.69, 9.17) is 0 Å². The van der Waals surface area contributed by atoms with Crippen LogP contribution in [0, 0.1) is 16.7 Å². The van der Waals surface area contributed by atoms with Gasteiger partial charge in [-0.1, -0.05) is 32.9 Å². The smallest absolute Gasteiger partial charge is 0.178 e. The number of halogens is 1. The number of rotatable bonds is 1. The van der Waals surface area contributed by atoms with Crippen molar-refractivity contribution in [1.82, 2.24) is 4.98 Å². The number of ketones is 1. The Morgan fingerprint density at radius 3 is 2.68 bits per heavy atom. The van der Waals surface area contributed by atoms with Gasteiger partial charge in [-0.2, -0.15) is 5.26 Å². The Morgan fingerprint density at radius 2 is 2.11 bits per heavy atom. The maximum Gasteiger partial charge on any atom is 0.178 e. The molecule has 0 spiro atoms. The zero-order chi connectivity index (χ0) is 14.3. The predicted octanol–water partition coefficient (Wildman–Crippen LogP) is 3.55. The van der Waals surface area contributed by atoms with Gasteiger partial charge >= 0.3 is 0 Å². The van der Waals surface area contributed by atoms with E-state index in [-0.39, 0.29) is 16.8 Å². The Kier molecular flexibility index (Phi) is 3.36. The highest BCUT2D eigenvalue weighted by Gasteiger charge is 2.44. The van der Waals surface area contributed by atoms with Crippen molar-refractivity contribution < 1.29 is 4.79 Å². The van der Waals surface area contributed by atoms with Crippen LogP contribution in [0.4, 0.5) is 0 Å². The molecule has 0 saturated carbocycles. The molecule has 1 aliphatic carbocycles. The Hall–Kier alpha value is -1.47. The first-order chi connectivity index (χ1) is 8.80. The van der Waals surface area contributed by atoms with Crippen LogP contribution in [0.15, 0.2) is 34.6 Å². The number of nitriles is 1. The first-order valence-electron chi connectivity index (χ1n) is 6.09. The summed E-state index contributed by atoms with van der Waals surface area (Å²) in [6.07, 6.45) is 4.15. The van der Waals surface area contributed by atoms with E-state index in [1.165, 1.54) is 0 Å². The summed E-state index contributed by atoms with van der Waals surface area (Å²) < 4.78 is 0.760. The maximum absolute atomic E-state index is 12.2. The molecule has 0 amide bonds. The molecule has 98 valence electrons. The van der Waals surface area contributed by atoms with E-state index in [9.17, 15) is 10.1 Å². The molecule has 1 unspecified atom stereocenters. The van der Waals surface area contributed by atoms with Gasteiger partial charge in [-0.05, 0) is 34.0 Å². The molecule has 2 rings (SSSR count). The Balaban J connectivity index is 2.62. The first-order valence-corrected chi connectivity index (χ1v) is 6.88. The van der Waals surface area contributed by atoms with Crippen molar-refractivity contribution in [3.8, 4) is 6.07 Å². The number of carbonyl (C=O) groups excluding carboxylic acids is 1. The van der Waals surface area contributed by atoms with Crippen LogP contribution in [-0.2, 0) is 10.2 Å². The fourth-order valence-electron chi connectivity index (χ4n) is 2.87. The summed E-state index contributed by atoms with van der Waals surface area (Å²) in [6.45, 7) is 5.82. The topological polar surface area (TPSA) is 53.8 Å². The van der Waals surface area contributed by atoms with E-state index in [1.807, 2.05) is 39.0 Å². The van der Waals surface area contributed by atoms with E-state index >= 15 is 0 Å². The van der Waals surface area contributed by atoms with Gasteiger partial charge in [0, 0.05) is 17.0 Å². The van der Waals surface area contributed by atoms with Crippen LogP contribution in [0.25, 0.3) is 0 Å². The summed E-state index contributed by atoms with van der Waals surface area (Å²) in [5.74, 6) is -0.0764. The molecule has 1 heterocycles. The number of nitrogens with zero attached hydrogens (tertiary/aromatic N) is 2. The predicted molar refractivity (Wildman–Crippen MR) is 76.4 cm³/mol. The largest absolute Gasteiger partial charge is 0.293 e. The van der Waals surface area contributed by atoms with Gasteiger partial charge in [-0.15, -0.1) is 0 Å². The lowest BCUT2D eigenvalue weighted by Crippen LogP contribution is -2.39. The molecule has 4 heteroatoms. The van der Waals surface area contributed by atoms with Crippen LogP contribution in [0.3, 0.4) is 0 Å². The SMILES string of the molecule is CC1(C)CC(C)(c2cccnc2Br)C=C(C#N)C1=O. The normalized spacial score (nSPS) is 25.6. The lowest BCUT2D eigenvalue weighted by atomic mass is 9.63. The maximum atomic E-state index is 12.2. The number of Topliss-reactive ketones (excluding diaryl/α,β-unsaturated/α-hetero) is 1. The molecule has 0 aliphatic heterocycles. The minimum atomic E-state index is -0.538. The van der Waals surface area contributed by atoms with Crippen molar-refractivity contribution in [2.75, 3.05) is 0 Å². The third kappa shape index (κ3) is 2.35. The van der Waals surface area contributed by atoms with Crippen LogP contribution in [0.2, 0.25) is 0 Å². The summed E-state index contributed by atoms with van der Waals surface area (Å²) in [7, 11) is 0. The number of carbonyl (C=O) groups is 1. The molecular formula is C15H15BrN2O. The molecule has 1 aromatic rings. The van der Waals surface area contributed by atoms with Gasteiger partial charge in [0.15, 0.2) is 5.78 Å². The van der Waals surface area contributed by atoms with E-state index < -0.39 is 5.41 Å². The van der Waals surface area contributed by atoms with Crippen LogP contribution in [0.5, 0.6) is 0 Å². The second-order valence-corrected chi connectivity index (χ2v) is 6.57. The van der Waals surface area contributed by atoms with Gasteiger partial charge in [-0.3, -0.25) is 4.79 Å². The fourth-order valence-corrected chi connectivity index (χ4v) is 3.57. The number of hydrogen-bond acceptors (Lipinski definition) is 3. The van der Waals surface area contributed by atoms with Crippen molar-refractivity contribution in [2.45, 2.75) is 32.6 Å². The van der Waals surface area contributed by atoms with Gasteiger partial charge in [0.2, 0.25) is 0 Å². The molecule has 1 aliphatic rings. The molecule has 3 nitrogen and oxygen atoms in total. The highest BCUT2D eigenvalue weighted by molar-refractivity contribution is 9.10. The van der Waals surface area contributed by atoms with Gasteiger partial charge < -0.3 is 0 Å². The third-order valence-electron chi connectivity index (χ3n) is 3.63. The van der Waals surface area contributed by atoms with Crippen molar-refractivity contribution in [3.63, 3.8) is 0 Å². The molecule has 0 saturated heterocycles. The lowest BCUT2D eigenvalue weighted by molar-refractivity contribution is -0.124. The Labute approximate surface area is 121 Å². The third-order valence-corrected chi connectivity index (χ3v) is 4.26. The van der Waals surface area contributed by atoms with Gasteiger partial charge in [0.25, 0.3) is 0 Å². The monoisotopic (exact) mass is 318 g/mol. The fraction of sp³-hybridized carbons (Fsp3) is 0.400. The molecule has 0 fully saturated rings. The number of hydrogen-bond donors (Lipinski definition) is 0. The summed E-state index contributed by atoms with van der Waals surface area (Å²) in [5, 5.41) is 9.18. The molecule has 0 radical (unpaired) electrons. The van der Waals surface area contributed by atoms with Gasteiger partial charge in [0.05, 0.1) is 5.57 Å². The summed E-state index contributed by atoms with van der Waals surface area (Å²) in [4.78, 5) is 16.4. The van der Waals surface area contributed by atoms with Crippen LogP contribution >= 0.6 is 15.9 Å². The van der Waals surface area contributed by atoms with E-state index in [0.29, 0.717) is 6.42 Å². The standard InChI is InChI=1S/C15H15BrN2O/c1-14(2)9-15(3,7-10(8-17)12(14)19)11-5-4-6-18-13(11)16/h4-7H,9H2,1-3H3. The Bertz CT molecular complexity index is 613. The molecular weight excluding hydrogens is 304 g/mol. The minimum absolute atomic E-state index is 0.0764. The Morgan fingerprint density at radius 1 is 1.42 bits per heavy atom. The molecule has 19 heavy (non-hydrogen) atoms. The summed E-state index contributed by atoms with van der Waals surface area (Å²) in [6, 6.07) is 5.88. The molecule has 1 aromatic heterocycles. The zero-order valence-electron chi connectivity index (χ0n) is 11.2. The number of aromatic nitrogens is 1. The van der Waals surface area contributed by atoms with Gasteiger partial charge in [0.1, 0.15) is 10.7 Å². The van der Waals surface area contributed by atoms with Crippen LogP contribution < -0.4 is 0 Å². The average molecular weight is 319 g/mol. The zero-order valence-corrected chi connectivity index (χ0v) is 12.8. The molecule has 0 aromatic carbocycles. The minimum Gasteiger partial charge on any atom is -0.293 e. The lowest BCUT2D eigenvalue weighted by Gasteiger charge is -2.39. The quantitative estimate of drug-likeness (QED) is 0.744. The van der Waals surface area contributed by atoms with Crippen LogP contribution in [-0.4, -0.2) is 10.8 Å². The van der Waals surface area contributed by atoms with E-state index in [2.05, 4.69) is 20.9 Å². The second-order valence-electron chi connectivity index (χ2n) is 5.82. The summed E-state index contributed by atoms with van der Waals surface area (Å²) >= 11 is 3.45. The molecule has 1 atom stereocenters. The first kappa shape index (κ1) is 14.0.